The number of nitrogens with zero attached hydrogens (tertiary/aromatic N) is 2. The molecule has 0 saturated carbocycles. The molecule has 0 amide bonds. The summed E-state index contributed by atoms with van der Waals surface area (Å²) in [6.45, 7) is 3.87. The molecule has 0 fully saturated rings. The Balaban J connectivity index is 1.79. The standard InChI is InChI=1S/C18H19F2N3O2S2/c1-12-6-13(2)23(22-12)17(18-4-3-5-26-18)10-21-27(24,25)11-14-7-15(19)9-16(20)8-14/h3-9,17,21H,10-11H2,1-2H3. The van der Waals surface area contributed by atoms with Gasteiger partial charge in [-0.3, -0.25) is 4.68 Å². The van der Waals surface area contributed by atoms with Crippen molar-refractivity contribution in [2.45, 2.75) is 25.6 Å². The maximum Gasteiger partial charge on any atom is 0.215 e. The van der Waals surface area contributed by atoms with E-state index in [1.54, 1.807) is 4.68 Å². The first-order valence-corrected chi connectivity index (χ1v) is 10.8. The Morgan fingerprint density at radius 2 is 1.89 bits per heavy atom. The fourth-order valence-corrected chi connectivity index (χ4v) is 4.85. The number of aryl methyl sites for hydroxylation is 2. The van der Waals surface area contributed by atoms with Crippen LogP contribution in [0.5, 0.6) is 0 Å². The first kappa shape index (κ1) is 19.7. The maximum absolute atomic E-state index is 13.3. The molecule has 1 atom stereocenters. The topological polar surface area (TPSA) is 64.0 Å². The molecule has 0 bridgehead atoms. The molecule has 0 aliphatic rings. The first-order valence-electron chi connectivity index (χ1n) is 8.22. The van der Waals surface area contributed by atoms with E-state index in [1.807, 2.05) is 37.4 Å². The fraction of sp³-hybridized carbons (Fsp3) is 0.278. The number of aromatic nitrogens is 2. The van der Waals surface area contributed by atoms with E-state index >= 15 is 0 Å². The Kier molecular flexibility index (Phi) is 5.73. The zero-order valence-electron chi connectivity index (χ0n) is 14.8. The van der Waals surface area contributed by atoms with Gasteiger partial charge in [0.1, 0.15) is 11.6 Å². The van der Waals surface area contributed by atoms with Gasteiger partial charge in [0, 0.05) is 23.2 Å². The monoisotopic (exact) mass is 411 g/mol. The van der Waals surface area contributed by atoms with Crippen LogP contribution in [0.3, 0.4) is 0 Å². The van der Waals surface area contributed by atoms with E-state index in [1.165, 1.54) is 11.3 Å². The summed E-state index contributed by atoms with van der Waals surface area (Å²) in [7, 11) is -3.79. The number of benzene rings is 1. The van der Waals surface area contributed by atoms with E-state index in [0.29, 0.717) is 6.07 Å². The van der Waals surface area contributed by atoms with Gasteiger partial charge in [0.05, 0.1) is 17.5 Å². The number of thiophene rings is 1. The molecule has 3 aromatic rings. The molecule has 1 N–H and O–H groups in total. The van der Waals surface area contributed by atoms with Crippen LogP contribution in [0.1, 0.15) is 27.9 Å². The van der Waals surface area contributed by atoms with Crippen molar-refractivity contribution < 1.29 is 17.2 Å². The molecular formula is C18H19F2N3O2S2. The number of hydrogen-bond donors (Lipinski definition) is 1. The van der Waals surface area contributed by atoms with Crippen molar-refractivity contribution in [2.24, 2.45) is 0 Å². The van der Waals surface area contributed by atoms with E-state index in [9.17, 15) is 17.2 Å². The number of sulfonamides is 1. The highest BCUT2D eigenvalue weighted by atomic mass is 32.2. The Labute approximate surface area is 160 Å². The van der Waals surface area contributed by atoms with Gasteiger partial charge < -0.3 is 0 Å². The lowest BCUT2D eigenvalue weighted by molar-refractivity contribution is 0.499. The zero-order valence-corrected chi connectivity index (χ0v) is 16.4. The van der Waals surface area contributed by atoms with Crippen LogP contribution in [0.4, 0.5) is 8.78 Å². The van der Waals surface area contributed by atoms with Crippen molar-refractivity contribution in [3.8, 4) is 0 Å². The Morgan fingerprint density at radius 1 is 1.19 bits per heavy atom. The minimum Gasteiger partial charge on any atom is -0.260 e. The van der Waals surface area contributed by atoms with E-state index in [2.05, 4.69) is 9.82 Å². The molecule has 0 saturated heterocycles. The average Bonchev–Trinajstić information content (AvgIpc) is 3.16. The molecule has 1 unspecified atom stereocenters. The molecule has 1 aromatic carbocycles. The number of rotatable bonds is 7. The van der Waals surface area contributed by atoms with Gasteiger partial charge in [-0.1, -0.05) is 6.07 Å². The molecule has 0 aliphatic carbocycles. The van der Waals surface area contributed by atoms with Gasteiger partial charge in [0.25, 0.3) is 0 Å². The molecular weight excluding hydrogens is 392 g/mol. The van der Waals surface area contributed by atoms with Crippen LogP contribution < -0.4 is 4.72 Å². The quantitative estimate of drug-likeness (QED) is 0.647. The van der Waals surface area contributed by atoms with Crippen LogP contribution in [0.25, 0.3) is 0 Å². The second-order valence-electron chi connectivity index (χ2n) is 6.29. The molecule has 2 aromatic heterocycles. The molecule has 3 rings (SSSR count). The summed E-state index contributed by atoms with van der Waals surface area (Å²) in [5.74, 6) is -2.12. The summed E-state index contributed by atoms with van der Waals surface area (Å²) < 4.78 is 55.8. The lowest BCUT2D eigenvalue weighted by Crippen LogP contribution is -2.32. The van der Waals surface area contributed by atoms with Crippen molar-refractivity contribution >= 4 is 21.4 Å². The van der Waals surface area contributed by atoms with Crippen molar-refractivity contribution in [3.05, 3.63) is 75.2 Å². The largest absolute Gasteiger partial charge is 0.260 e. The Morgan fingerprint density at radius 3 is 2.44 bits per heavy atom. The summed E-state index contributed by atoms with van der Waals surface area (Å²) in [6.07, 6.45) is 0. The molecule has 9 heteroatoms. The van der Waals surface area contributed by atoms with E-state index in [0.717, 1.165) is 28.4 Å². The van der Waals surface area contributed by atoms with Gasteiger partial charge in [-0.05, 0) is 49.1 Å². The summed E-state index contributed by atoms with van der Waals surface area (Å²) in [4.78, 5) is 0.959. The molecule has 2 heterocycles. The van der Waals surface area contributed by atoms with Gasteiger partial charge in [-0.25, -0.2) is 21.9 Å². The van der Waals surface area contributed by atoms with Gasteiger partial charge in [-0.2, -0.15) is 5.10 Å². The molecule has 5 nitrogen and oxygen atoms in total. The molecule has 0 aliphatic heterocycles. The summed E-state index contributed by atoms with van der Waals surface area (Å²) in [5.41, 5.74) is 1.81. The summed E-state index contributed by atoms with van der Waals surface area (Å²) in [5, 5.41) is 6.38. The smallest absolute Gasteiger partial charge is 0.215 e. The average molecular weight is 411 g/mol. The molecule has 0 radical (unpaired) electrons. The van der Waals surface area contributed by atoms with E-state index < -0.39 is 27.4 Å². The third-order valence-electron chi connectivity index (χ3n) is 3.99. The van der Waals surface area contributed by atoms with E-state index in [4.69, 9.17) is 0 Å². The highest BCUT2D eigenvalue weighted by Gasteiger charge is 2.21. The van der Waals surface area contributed by atoms with Gasteiger partial charge in [0.2, 0.25) is 10.0 Å². The number of nitrogens with one attached hydrogen (secondary N) is 1. The third-order valence-corrected chi connectivity index (χ3v) is 6.28. The number of hydrogen-bond acceptors (Lipinski definition) is 4. The van der Waals surface area contributed by atoms with Crippen LogP contribution in [-0.2, 0) is 15.8 Å². The van der Waals surface area contributed by atoms with Crippen molar-refractivity contribution in [3.63, 3.8) is 0 Å². The predicted octanol–water partition coefficient (Wildman–Crippen LogP) is 3.55. The summed E-state index contributed by atoms with van der Waals surface area (Å²) >= 11 is 1.51. The maximum atomic E-state index is 13.3. The summed E-state index contributed by atoms with van der Waals surface area (Å²) in [6, 6.07) is 8.16. The zero-order chi connectivity index (χ0) is 19.6. The van der Waals surface area contributed by atoms with Crippen LogP contribution in [-0.4, -0.2) is 24.7 Å². The second-order valence-corrected chi connectivity index (χ2v) is 9.07. The van der Waals surface area contributed by atoms with Crippen LogP contribution in [0.15, 0.2) is 41.8 Å². The van der Waals surface area contributed by atoms with Crippen LogP contribution in [0.2, 0.25) is 0 Å². The third kappa shape index (κ3) is 5.00. The minimum atomic E-state index is -3.79. The van der Waals surface area contributed by atoms with Gasteiger partial charge >= 0.3 is 0 Å². The van der Waals surface area contributed by atoms with Crippen molar-refractivity contribution in [1.29, 1.82) is 0 Å². The molecule has 0 spiro atoms. The number of halogens is 2. The van der Waals surface area contributed by atoms with Gasteiger partial charge in [0.15, 0.2) is 0 Å². The fourth-order valence-electron chi connectivity index (χ4n) is 2.92. The highest BCUT2D eigenvalue weighted by molar-refractivity contribution is 7.88. The van der Waals surface area contributed by atoms with Crippen LogP contribution >= 0.6 is 11.3 Å². The van der Waals surface area contributed by atoms with Crippen LogP contribution in [0, 0.1) is 25.5 Å². The second kappa shape index (κ2) is 7.87. The minimum absolute atomic E-state index is 0.0544. The van der Waals surface area contributed by atoms with Gasteiger partial charge in [-0.15, -0.1) is 11.3 Å². The lowest BCUT2D eigenvalue weighted by Gasteiger charge is -2.19. The first-order chi connectivity index (χ1) is 12.7. The molecule has 144 valence electrons. The van der Waals surface area contributed by atoms with Crippen molar-refractivity contribution in [2.75, 3.05) is 6.54 Å². The normalized spacial score (nSPS) is 13.0. The SMILES string of the molecule is Cc1cc(C)n(C(CNS(=O)(=O)Cc2cc(F)cc(F)c2)c2cccs2)n1. The Bertz CT molecular complexity index is 1010. The lowest BCUT2D eigenvalue weighted by atomic mass is 10.2. The predicted molar refractivity (Wildman–Crippen MR) is 101 cm³/mol. The Hall–Kier alpha value is -2.10. The van der Waals surface area contributed by atoms with Crippen molar-refractivity contribution in [1.82, 2.24) is 14.5 Å². The van der Waals surface area contributed by atoms with E-state index in [-0.39, 0.29) is 18.2 Å². The highest BCUT2D eigenvalue weighted by Crippen LogP contribution is 2.24. The molecule has 27 heavy (non-hydrogen) atoms.